The number of guanidine groups is 1. The van der Waals surface area contributed by atoms with Crippen molar-refractivity contribution in [2.75, 3.05) is 19.8 Å². The summed E-state index contributed by atoms with van der Waals surface area (Å²) in [6.07, 6.45) is 3.74. The molecular weight excluding hydrogens is 1020 g/mol. The summed E-state index contributed by atoms with van der Waals surface area (Å²) >= 11 is 0. The lowest BCUT2D eigenvalue weighted by Gasteiger charge is -2.19. The summed E-state index contributed by atoms with van der Waals surface area (Å²) in [5.41, 5.74) is 11.9. The number of hydrogen-bond donors (Lipinski definition) is 11. The molecule has 0 aliphatic heterocycles. The SMILES string of the molecule is NC(N)=[NH+]CCC[C@H]([NH3+])C(=O)[O-].O=C(O)CCC/C=C\C[C@@H]1[C@@H](/C=C/[C@@H](O)COc2cccc(C(F)(F)F)c2)[C@H](O)C[C@@H]1O.O=C([O-])CCC/C=C\C[C@@H]1[C@@H](/C=C/[C@@H](O)COc2cccc(C(F)(F)F)c2)[C@H](O)C[C@@H]1O. The van der Waals surface area contributed by atoms with Crippen LogP contribution < -0.4 is 41.9 Å². The molecule has 24 heteroatoms. The number of carbonyl (C=O) groups is 3. The number of allylic oxidation sites excluding steroid dienone is 4. The van der Waals surface area contributed by atoms with E-state index < -0.39 is 95.9 Å². The molecule has 0 heterocycles. The molecule has 2 saturated carbocycles. The van der Waals surface area contributed by atoms with Crippen molar-refractivity contribution in [3.05, 3.63) is 108 Å². The Bertz CT molecular complexity index is 2080. The molecule has 0 aromatic heterocycles. The number of aliphatic hydroxyl groups is 6. The monoisotopic (exact) mass is 1090 g/mol. The Hall–Kier alpha value is -6.02. The molecule has 2 fully saturated rings. The number of nitrogens with two attached hydrogens (primary N) is 2. The van der Waals surface area contributed by atoms with Crippen LogP contribution in [0.5, 0.6) is 11.5 Å². The third-order valence-electron chi connectivity index (χ3n) is 12.2. The molecule has 426 valence electrons. The molecule has 4 rings (SSSR count). The lowest BCUT2D eigenvalue weighted by molar-refractivity contribution is -0.466. The summed E-state index contributed by atoms with van der Waals surface area (Å²) in [5, 5.41) is 90.3. The number of rotatable bonds is 27. The lowest BCUT2D eigenvalue weighted by atomic mass is 9.89. The number of quaternary nitrogens is 1. The summed E-state index contributed by atoms with van der Waals surface area (Å²) in [6.45, 7) is 0.0190. The topological polar surface area (TPSA) is 351 Å². The number of carbonyl (C=O) groups excluding carboxylic acids is 2. The Balaban J connectivity index is 0.000000429. The standard InChI is InChI=1S/2C23H29F3O6.C6H14N4O2/c2*24-23(25,26)15-6-5-7-17(12-15)32-14-16(27)10-11-19-18(20(28)13-21(19)29)8-3-1-2-4-9-22(30)31;7-4(5(11)12)2-1-3-10-6(8)9/h2*1,3,5-7,10-12,16,18-21,27-29H,2,4,8-9,13-14H2,(H,30,31);4H,1-3,7H2,(H,11,12)(H4,8,9,10)/b2*3-1-,11-10+;/t2*16-,18-,19-,20+,21-;4-/m110/s1. The van der Waals surface area contributed by atoms with E-state index in [0.29, 0.717) is 57.9 Å². The second kappa shape index (κ2) is 33.9. The van der Waals surface area contributed by atoms with E-state index in [0.717, 1.165) is 24.3 Å². The zero-order chi connectivity index (χ0) is 57.0. The first-order valence-electron chi connectivity index (χ1n) is 24.6. The molecule has 76 heavy (non-hydrogen) atoms. The highest BCUT2D eigenvalue weighted by molar-refractivity contribution is 5.69. The quantitative estimate of drug-likeness (QED) is 0.0188. The van der Waals surface area contributed by atoms with Crippen molar-refractivity contribution in [3.8, 4) is 11.5 Å². The van der Waals surface area contributed by atoms with Crippen LogP contribution in [0, 0.1) is 23.7 Å². The number of carboxylic acid groups (broad SMARTS) is 3. The molecule has 0 radical (unpaired) electrons. The van der Waals surface area contributed by atoms with E-state index in [2.05, 4.69) is 10.7 Å². The van der Waals surface area contributed by atoms with Gasteiger partial charge in [-0.05, 0) is 99.6 Å². The van der Waals surface area contributed by atoms with E-state index in [9.17, 15) is 81.6 Å². The summed E-state index contributed by atoms with van der Waals surface area (Å²) in [4.78, 5) is 33.7. The van der Waals surface area contributed by atoms with Gasteiger partial charge < -0.3 is 70.8 Å². The largest absolute Gasteiger partial charge is 0.550 e. The van der Waals surface area contributed by atoms with Gasteiger partial charge in [-0.25, -0.2) is 0 Å². The third kappa shape index (κ3) is 26.6. The maximum atomic E-state index is 12.8. The molecule has 11 atom stereocenters. The van der Waals surface area contributed by atoms with Crippen molar-refractivity contribution >= 4 is 23.9 Å². The number of benzene rings is 2. The maximum Gasteiger partial charge on any atom is 0.416 e. The molecule has 2 aromatic carbocycles. The van der Waals surface area contributed by atoms with Gasteiger partial charge in [0.2, 0.25) is 0 Å². The number of nitrogens with one attached hydrogen (secondary N) is 1. The van der Waals surface area contributed by atoms with Crippen molar-refractivity contribution in [2.24, 2.45) is 35.1 Å². The number of alkyl halides is 6. The predicted octanol–water partition coefficient (Wildman–Crippen LogP) is 0.267. The van der Waals surface area contributed by atoms with Crippen LogP contribution in [-0.4, -0.2) is 122 Å². The molecule has 15 N–H and O–H groups in total. The molecule has 0 amide bonds. The molecule has 0 unspecified atom stereocenters. The lowest BCUT2D eigenvalue weighted by Crippen LogP contribution is -2.78. The Morgan fingerprint density at radius 2 is 1.13 bits per heavy atom. The van der Waals surface area contributed by atoms with E-state index in [1.54, 1.807) is 12.2 Å². The van der Waals surface area contributed by atoms with Gasteiger partial charge in [0.25, 0.3) is 0 Å². The van der Waals surface area contributed by atoms with Crippen molar-refractivity contribution in [1.82, 2.24) is 0 Å². The van der Waals surface area contributed by atoms with Gasteiger partial charge in [0.1, 0.15) is 43.0 Å². The minimum atomic E-state index is -4.49. The first kappa shape index (κ1) is 66.1. The highest BCUT2D eigenvalue weighted by Crippen LogP contribution is 2.38. The molecular formula is C52H72F6N4O14. The third-order valence-corrected chi connectivity index (χ3v) is 12.2. The number of aliphatic carboxylic acids is 3. The van der Waals surface area contributed by atoms with Gasteiger partial charge in [0.15, 0.2) is 0 Å². The molecule has 2 aliphatic carbocycles. The Labute approximate surface area is 436 Å². The highest BCUT2D eigenvalue weighted by atomic mass is 19.4. The number of halogens is 6. The van der Waals surface area contributed by atoms with E-state index in [-0.39, 0.29) is 68.2 Å². The fraction of sp³-hybridized carbons (Fsp3) is 0.538. The molecule has 2 aromatic rings. The van der Waals surface area contributed by atoms with Crippen LogP contribution in [-0.2, 0) is 26.7 Å². The molecule has 2 aliphatic rings. The van der Waals surface area contributed by atoms with Crippen LogP contribution >= 0.6 is 0 Å². The van der Waals surface area contributed by atoms with E-state index in [4.69, 9.17) is 26.0 Å². The van der Waals surface area contributed by atoms with E-state index >= 15 is 0 Å². The molecule has 0 bridgehead atoms. The second-order valence-electron chi connectivity index (χ2n) is 18.3. The molecule has 18 nitrogen and oxygen atoms in total. The first-order valence-corrected chi connectivity index (χ1v) is 24.6. The Morgan fingerprint density at radius 1 is 0.697 bits per heavy atom. The highest BCUT2D eigenvalue weighted by Gasteiger charge is 2.40. The van der Waals surface area contributed by atoms with Gasteiger partial charge in [-0.1, -0.05) is 60.7 Å². The summed E-state index contributed by atoms with van der Waals surface area (Å²) in [7, 11) is 0. The minimum Gasteiger partial charge on any atom is -0.550 e. The van der Waals surface area contributed by atoms with Crippen LogP contribution in [0.1, 0.15) is 88.2 Å². The summed E-state index contributed by atoms with van der Waals surface area (Å²) < 4.78 is 87.0. The molecule has 0 saturated heterocycles. The van der Waals surface area contributed by atoms with Crippen molar-refractivity contribution in [3.63, 3.8) is 0 Å². The van der Waals surface area contributed by atoms with Crippen LogP contribution in [0.2, 0.25) is 0 Å². The number of carboxylic acids is 3. The molecule has 0 spiro atoms. The van der Waals surface area contributed by atoms with Gasteiger partial charge in [-0.15, -0.1) is 0 Å². The number of hydrogen-bond acceptors (Lipinski definition) is 13. The van der Waals surface area contributed by atoms with E-state index in [1.165, 1.54) is 36.4 Å². The average molecular weight is 1090 g/mol. The normalized spacial score (nSPS) is 22.9. The van der Waals surface area contributed by atoms with Crippen LogP contribution in [0.4, 0.5) is 26.3 Å². The van der Waals surface area contributed by atoms with Crippen LogP contribution in [0.3, 0.4) is 0 Å². The van der Waals surface area contributed by atoms with Gasteiger partial charge in [0.05, 0.1) is 48.1 Å². The Morgan fingerprint density at radius 3 is 1.51 bits per heavy atom. The van der Waals surface area contributed by atoms with E-state index in [1.807, 2.05) is 24.3 Å². The van der Waals surface area contributed by atoms with Gasteiger partial charge in [-0.2, -0.15) is 26.3 Å². The van der Waals surface area contributed by atoms with Gasteiger partial charge in [-0.3, -0.25) is 21.3 Å². The number of aliphatic hydroxyl groups excluding tert-OH is 6. The zero-order valence-electron chi connectivity index (χ0n) is 41.8. The van der Waals surface area contributed by atoms with Crippen molar-refractivity contribution in [2.45, 2.75) is 132 Å². The fourth-order valence-corrected chi connectivity index (χ4v) is 8.10. The fourth-order valence-electron chi connectivity index (χ4n) is 8.10. The first-order chi connectivity index (χ1) is 35.7. The predicted molar refractivity (Wildman–Crippen MR) is 259 cm³/mol. The number of unbranched alkanes of at least 4 members (excludes halogenated alkanes) is 2. The van der Waals surface area contributed by atoms with Gasteiger partial charge in [0, 0.05) is 43.5 Å². The van der Waals surface area contributed by atoms with Crippen molar-refractivity contribution < 1.29 is 107 Å². The zero-order valence-corrected chi connectivity index (χ0v) is 41.8. The summed E-state index contributed by atoms with van der Waals surface area (Å²) in [5.74, 6) is -4.35. The minimum absolute atomic E-state index is 0.0190. The number of ether oxygens (including phenoxy) is 2. The Kier molecular flexibility index (Phi) is 29.5. The average Bonchev–Trinajstić information content (AvgIpc) is 3.78. The smallest absolute Gasteiger partial charge is 0.416 e. The second-order valence-corrected chi connectivity index (χ2v) is 18.3. The summed E-state index contributed by atoms with van der Waals surface area (Å²) in [6, 6.07) is 8.05. The maximum absolute atomic E-state index is 12.8. The van der Waals surface area contributed by atoms with Gasteiger partial charge >= 0.3 is 24.3 Å². The van der Waals surface area contributed by atoms with Crippen LogP contribution in [0.15, 0.2) is 97.1 Å². The van der Waals surface area contributed by atoms with Crippen LogP contribution in [0.25, 0.3) is 0 Å². The van der Waals surface area contributed by atoms with Crippen molar-refractivity contribution in [1.29, 1.82) is 0 Å².